The fourth-order valence-electron chi connectivity index (χ4n) is 0.360. The first-order valence-electron chi connectivity index (χ1n) is 2.53. The summed E-state index contributed by atoms with van der Waals surface area (Å²) in [6.07, 6.45) is 3.87. The zero-order valence-corrected chi connectivity index (χ0v) is 7.85. The Hall–Kier alpha value is 0.470. The second kappa shape index (κ2) is 5.27. The van der Waals surface area contributed by atoms with Gasteiger partial charge < -0.3 is 0 Å². The van der Waals surface area contributed by atoms with Crippen molar-refractivity contribution in [3.63, 3.8) is 0 Å². The van der Waals surface area contributed by atoms with E-state index in [1.54, 1.807) is 0 Å². The second-order valence-corrected chi connectivity index (χ2v) is 3.23. The Labute approximate surface area is 70.2 Å². The highest BCUT2D eigenvalue weighted by atomic mass is 35.5. The normalized spacial score (nSPS) is 14.2. The molecule has 0 amide bonds. The predicted octanol–water partition coefficient (Wildman–Crippen LogP) is 3.61. The van der Waals surface area contributed by atoms with Crippen molar-refractivity contribution in [2.75, 3.05) is 0 Å². The highest BCUT2D eigenvalue weighted by Crippen LogP contribution is 2.25. The van der Waals surface area contributed by atoms with Crippen LogP contribution in [-0.4, -0.2) is 0 Å². The molecule has 0 rings (SSSR count). The second-order valence-electron chi connectivity index (χ2n) is 1.49. The van der Waals surface area contributed by atoms with Gasteiger partial charge in [-0.3, -0.25) is 0 Å². The summed E-state index contributed by atoms with van der Waals surface area (Å²) in [6, 6.07) is 0. The monoisotopic (exact) mass is 180 g/mol. The molecule has 0 bridgehead atoms. The van der Waals surface area contributed by atoms with E-state index in [1.165, 1.54) is 10.8 Å². The third-order valence-corrected chi connectivity index (χ3v) is 2.30. The van der Waals surface area contributed by atoms with Crippen molar-refractivity contribution in [1.29, 1.82) is 0 Å². The number of halogens is 1. The molecule has 3 heteroatoms. The van der Waals surface area contributed by atoms with Crippen molar-refractivity contribution in [3.05, 3.63) is 22.1 Å². The molecule has 0 fully saturated rings. The molecule has 0 N–H and O–H groups in total. The molecule has 0 aromatic heterocycles. The van der Waals surface area contributed by atoms with Crippen molar-refractivity contribution in [2.45, 2.75) is 13.8 Å². The van der Waals surface area contributed by atoms with Gasteiger partial charge in [0.25, 0.3) is 0 Å². The zero-order chi connectivity index (χ0) is 7.28. The summed E-state index contributed by atoms with van der Waals surface area (Å²) in [6.45, 7) is 3.80. The van der Waals surface area contributed by atoms with E-state index in [0.717, 1.165) is 9.94 Å². The Balaban J connectivity index is 4.16. The fourth-order valence-corrected chi connectivity index (χ4v) is 1.62. The largest absolute Gasteiger partial charge is 0.106 e. The van der Waals surface area contributed by atoms with Crippen molar-refractivity contribution in [3.8, 4) is 0 Å². The highest BCUT2D eigenvalue weighted by Gasteiger charge is 1.91. The van der Waals surface area contributed by atoms with E-state index in [4.69, 9.17) is 11.6 Å². The molecule has 0 aliphatic carbocycles. The Kier molecular flexibility index (Phi) is 5.55. The minimum absolute atomic E-state index is 0.785. The fraction of sp³-hybridized carbons (Fsp3) is 0.333. The summed E-state index contributed by atoms with van der Waals surface area (Å²) < 4.78 is 0. The van der Waals surface area contributed by atoms with Gasteiger partial charge in [0.1, 0.15) is 0 Å². The highest BCUT2D eigenvalue weighted by molar-refractivity contribution is 8.70. The number of allylic oxidation sites excluding steroid dienone is 3. The summed E-state index contributed by atoms with van der Waals surface area (Å²) in [7, 11) is 1.36. The van der Waals surface area contributed by atoms with Gasteiger partial charge in [-0.15, -0.1) is 11.7 Å². The molecule has 52 valence electrons. The predicted molar refractivity (Wildman–Crippen MR) is 49.9 cm³/mol. The minimum Gasteiger partial charge on any atom is -0.106 e. The van der Waals surface area contributed by atoms with E-state index in [-0.39, 0.29) is 0 Å². The molecule has 0 nitrogen and oxygen atoms in total. The van der Waals surface area contributed by atoms with Crippen LogP contribution in [0.1, 0.15) is 13.8 Å². The molecular formula is C6H9ClS2. The maximum atomic E-state index is 5.68. The molecule has 0 saturated carbocycles. The lowest BCUT2D eigenvalue weighted by atomic mass is 10.4. The molecule has 0 aromatic carbocycles. The van der Waals surface area contributed by atoms with Crippen molar-refractivity contribution < 1.29 is 0 Å². The Morgan fingerprint density at radius 1 is 1.67 bits per heavy atom. The summed E-state index contributed by atoms with van der Waals surface area (Å²) in [5.41, 5.74) is 0. The first kappa shape index (κ1) is 9.47. The lowest BCUT2D eigenvalue weighted by molar-refractivity contribution is 1.61. The SMILES string of the molecule is CC=CC(SS)=C(C)Cl. The number of thiol groups is 1. The molecule has 0 atom stereocenters. The van der Waals surface area contributed by atoms with Gasteiger partial charge >= 0.3 is 0 Å². The van der Waals surface area contributed by atoms with Gasteiger partial charge in [-0.1, -0.05) is 34.5 Å². The molecule has 0 heterocycles. The summed E-state index contributed by atoms with van der Waals surface area (Å²) in [5.74, 6) is 0. The van der Waals surface area contributed by atoms with Crippen LogP contribution in [0.15, 0.2) is 22.1 Å². The Morgan fingerprint density at radius 2 is 2.22 bits per heavy atom. The van der Waals surface area contributed by atoms with Crippen LogP contribution < -0.4 is 0 Å². The van der Waals surface area contributed by atoms with Crippen LogP contribution in [0.25, 0.3) is 0 Å². The molecule has 0 radical (unpaired) electrons. The standard InChI is InChI=1S/C6H9ClS2/c1-3-4-6(9-8)5(2)7/h3-4,8H,1-2H3. The Morgan fingerprint density at radius 3 is 2.33 bits per heavy atom. The van der Waals surface area contributed by atoms with Crippen LogP contribution >= 0.6 is 34.1 Å². The lowest BCUT2D eigenvalue weighted by Gasteiger charge is -1.94. The van der Waals surface area contributed by atoms with Gasteiger partial charge in [-0.25, -0.2) is 0 Å². The Bertz CT molecular complexity index is 134. The molecule has 0 aliphatic heterocycles. The van der Waals surface area contributed by atoms with Gasteiger partial charge in [-0.2, -0.15) is 0 Å². The molecule has 0 spiro atoms. The van der Waals surface area contributed by atoms with Crippen LogP contribution in [0.3, 0.4) is 0 Å². The number of hydrogen-bond acceptors (Lipinski definition) is 2. The van der Waals surface area contributed by atoms with Crippen LogP contribution in [0.5, 0.6) is 0 Å². The number of rotatable bonds is 2. The van der Waals surface area contributed by atoms with E-state index in [0.29, 0.717) is 0 Å². The third-order valence-electron chi connectivity index (χ3n) is 0.756. The lowest BCUT2D eigenvalue weighted by Crippen LogP contribution is -1.67. The van der Waals surface area contributed by atoms with E-state index >= 15 is 0 Å². The molecule has 9 heavy (non-hydrogen) atoms. The van der Waals surface area contributed by atoms with Crippen LogP contribution in [0, 0.1) is 0 Å². The van der Waals surface area contributed by atoms with Crippen molar-refractivity contribution >= 4 is 34.1 Å². The van der Waals surface area contributed by atoms with Gasteiger partial charge in [0.05, 0.1) is 0 Å². The first-order valence-corrected chi connectivity index (χ1v) is 4.77. The molecule has 0 unspecified atom stereocenters. The molecule has 0 aliphatic rings. The molecular weight excluding hydrogens is 172 g/mol. The van der Waals surface area contributed by atoms with Gasteiger partial charge in [0.15, 0.2) is 0 Å². The summed E-state index contributed by atoms with van der Waals surface area (Å²) in [4.78, 5) is 1.00. The number of hydrogen-bond donors (Lipinski definition) is 1. The van der Waals surface area contributed by atoms with Crippen molar-refractivity contribution in [2.24, 2.45) is 0 Å². The van der Waals surface area contributed by atoms with E-state index in [2.05, 4.69) is 11.7 Å². The van der Waals surface area contributed by atoms with E-state index in [9.17, 15) is 0 Å². The topological polar surface area (TPSA) is 0 Å². The van der Waals surface area contributed by atoms with Crippen molar-refractivity contribution in [1.82, 2.24) is 0 Å². The van der Waals surface area contributed by atoms with Gasteiger partial charge in [0, 0.05) is 9.94 Å². The molecule has 0 saturated heterocycles. The maximum Gasteiger partial charge on any atom is 0.0319 e. The third kappa shape index (κ3) is 3.95. The van der Waals surface area contributed by atoms with Crippen LogP contribution in [-0.2, 0) is 0 Å². The van der Waals surface area contributed by atoms with Crippen LogP contribution in [0.2, 0.25) is 0 Å². The van der Waals surface area contributed by atoms with E-state index in [1.807, 2.05) is 26.0 Å². The summed E-state index contributed by atoms with van der Waals surface area (Å²) in [5, 5.41) is 0.785. The summed E-state index contributed by atoms with van der Waals surface area (Å²) >= 11 is 9.69. The zero-order valence-electron chi connectivity index (χ0n) is 5.39. The van der Waals surface area contributed by atoms with Crippen LogP contribution in [0.4, 0.5) is 0 Å². The average Bonchev–Trinajstić information content (AvgIpc) is 1.82. The van der Waals surface area contributed by atoms with Gasteiger partial charge in [-0.05, 0) is 13.8 Å². The first-order chi connectivity index (χ1) is 4.22. The van der Waals surface area contributed by atoms with Gasteiger partial charge in [0.2, 0.25) is 0 Å². The molecule has 0 aromatic rings. The smallest absolute Gasteiger partial charge is 0.0319 e. The quantitative estimate of drug-likeness (QED) is 0.385. The maximum absolute atomic E-state index is 5.68. The average molecular weight is 181 g/mol. The van der Waals surface area contributed by atoms with E-state index < -0.39 is 0 Å². The minimum atomic E-state index is 0.785.